The van der Waals surface area contributed by atoms with Gasteiger partial charge in [0.1, 0.15) is 5.82 Å². The molecule has 2 aliphatic rings. The fraction of sp³-hybridized carbons (Fsp3) is 0.625. The summed E-state index contributed by atoms with van der Waals surface area (Å²) in [5.74, 6) is 3.06. The Morgan fingerprint density at radius 3 is 2.24 bits per heavy atom. The number of benzene rings is 2. The van der Waals surface area contributed by atoms with Gasteiger partial charge in [-0.2, -0.15) is 0 Å². The highest BCUT2D eigenvalue weighted by Gasteiger charge is 2.31. The van der Waals surface area contributed by atoms with Crippen LogP contribution in [0.15, 0.2) is 42.5 Å². The van der Waals surface area contributed by atoms with Gasteiger partial charge in [0.15, 0.2) is 0 Å². The molecular formula is C32H45F. The van der Waals surface area contributed by atoms with E-state index in [0.717, 1.165) is 40.5 Å². The molecule has 0 unspecified atom stereocenters. The fourth-order valence-electron chi connectivity index (χ4n) is 6.57. The average Bonchev–Trinajstić information content (AvgIpc) is 2.85. The molecule has 0 nitrogen and oxygen atoms in total. The molecule has 2 aromatic rings. The van der Waals surface area contributed by atoms with Crippen LogP contribution in [0.2, 0.25) is 0 Å². The van der Waals surface area contributed by atoms with Crippen LogP contribution in [0.5, 0.6) is 0 Å². The summed E-state index contributed by atoms with van der Waals surface area (Å²) in [6.45, 7) is 4.50. The summed E-state index contributed by atoms with van der Waals surface area (Å²) in [6.07, 6.45) is 22.7. The largest absolute Gasteiger partial charge is 0.206 e. The highest BCUT2D eigenvalue weighted by atomic mass is 19.1. The number of allylic oxidation sites excluding steroid dienone is 2. The molecule has 1 heteroatoms. The van der Waals surface area contributed by atoms with Gasteiger partial charge in [-0.05, 0) is 111 Å². The van der Waals surface area contributed by atoms with Gasteiger partial charge in [-0.15, -0.1) is 0 Å². The first-order valence-corrected chi connectivity index (χ1v) is 14.1. The van der Waals surface area contributed by atoms with Gasteiger partial charge in [0.25, 0.3) is 0 Å². The van der Waals surface area contributed by atoms with Crippen LogP contribution in [0, 0.1) is 23.6 Å². The van der Waals surface area contributed by atoms with Gasteiger partial charge in [0.05, 0.1) is 0 Å². The number of hydrogen-bond acceptors (Lipinski definition) is 0. The lowest BCUT2D eigenvalue weighted by Gasteiger charge is -2.37. The van der Waals surface area contributed by atoms with Crippen LogP contribution < -0.4 is 0 Å². The van der Waals surface area contributed by atoms with Crippen molar-refractivity contribution in [1.29, 1.82) is 0 Å². The van der Waals surface area contributed by atoms with E-state index in [1.54, 1.807) is 0 Å². The van der Waals surface area contributed by atoms with Crippen LogP contribution in [0.25, 0.3) is 10.8 Å². The van der Waals surface area contributed by atoms with Gasteiger partial charge in [0, 0.05) is 5.39 Å². The minimum absolute atomic E-state index is 0.0513. The molecule has 2 aliphatic carbocycles. The molecule has 0 heterocycles. The third-order valence-corrected chi connectivity index (χ3v) is 8.68. The lowest BCUT2D eigenvalue weighted by atomic mass is 9.68. The first kappa shape index (κ1) is 24.5. The molecule has 33 heavy (non-hydrogen) atoms. The first-order chi connectivity index (χ1) is 16.2. The van der Waals surface area contributed by atoms with Gasteiger partial charge >= 0.3 is 0 Å². The Morgan fingerprint density at radius 2 is 1.55 bits per heavy atom. The maximum Gasteiger partial charge on any atom is 0.134 e. The zero-order valence-electron chi connectivity index (χ0n) is 21.1. The molecule has 0 atom stereocenters. The first-order valence-electron chi connectivity index (χ1n) is 14.1. The molecule has 2 fully saturated rings. The summed E-state index contributed by atoms with van der Waals surface area (Å²) in [4.78, 5) is 0. The maximum absolute atomic E-state index is 15.5. The Morgan fingerprint density at radius 1 is 0.818 bits per heavy atom. The van der Waals surface area contributed by atoms with Crippen LogP contribution in [-0.4, -0.2) is 0 Å². The fourth-order valence-corrected chi connectivity index (χ4v) is 6.57. The normalized spacial score (nSPS) is 26.3. The van der Waals surface area contributed by atoms with E-state index in [2.05, 4.69) is 50.3 Å². The van der Waals surface area contributed by atoms with Gasteiger partial charge in [-0.3, -0.25) is 0 Å². The van der Waals surface area contributed by atoms with Crippen molar-refractivity contribution in [2.75, 3.05) is 0 Å². The smallest absolute Gasteiger partial charge is 0.134 e. The van der Waals surface area contributed by atoms with Crippen molar-refractivity contribution < 1.29 is 4.39 Å². The van der Waals surface area contributed by atoms with E-state index >= 15 is 4.39 Å². The molecular weight excluding hydrogens is 403 g/mol. The molecule has 2 saturated carbocycles. The Hall–Kier alpha value is -1.63. The highest BCUT2D eigenvalue weighted by molar-refractivity contribution is 5.84. The SMILES string of the molecule is CCC/C=C/C1CCC(C2CCC(c3ccc4cc(CCCCC)ccc4c3F)CC2)CC1. The lowest BCUT2D eigenvalue weighted by molar-refractivity contribution is 0.171. The van der Waals surface area contributed by atoms with Crippen molar-refractivity contribution in [1.82, 2.24) is 0 Å². The summed E-state index contributed by atoms with van der Waals surface area (Å²) in [5.41, 5.74) is 2.32. The van der Waals surface area contributed by atoms with E-state index in [-0.39, 0.29) is 5.82 Å². The van der Waals surface area contributed by atoms with Crippen molar-refractivity contribution >= 4 is 10.8 Å². The summed E-state index contributed by atoms with van der Waals surface area (Å²) in [6, 6.07) is 10.7. The molecule has 0 amide bonds. The van der Waals surface area contributed by atoms with Crippen LogP contribution in [0.3, 0.4) is 0 Å². The second-order valence-electron chi connectivity index (χ2n) is 11.0. The number of aryl methyl sites for hydroxylation is 1. The van der Waals surface area contributed by atoms with Crippen molar-refractivity contribution in [3.63, 3.8) is 0 Å². The Labute approximate surface area is 202 Å². The van der Waals surface area contributed by atoms with Gasteiger partial charge in [-0.25, -0.2) is 4.39 Å². The summed E-state index contributed by atoms with van der Waals surface area (Å²) in [7, 11) is 0. The number of rotatable bonds is 9. The monoisotopic (exact) mass is 448 g/mol. The number of hydrogen-bond donors (Lipinski definition) is 0. The zero-order valence-corrected chi connectivity index (χ0v) is 21.1. The molecule has 0 bridgehead atoms. The van der Waals surface area contributed by atoms with E-state index in [0.29, 0.717) is 5.92 Å². The van der Waals surface area contributed by atoms with E-state index in [4.69, 9.17) is 0 Å². The number of fused-ring (bicyclic) bond motifs is 1. The third kappa shape index (κ3) is 6.28. The molecule has 0 aliphatic heterocycles. The standard InChI is InChI=1S/C32H45F/c1-3-5-7-9-24-11-14-26(15-12-24)27-16-18-28(19-17-27)30-22-20-29-23-25(10-8-6-4-2)13-21-31(29)32(30)33/h7,9,13,20-24,26-28H,3-6,8,10-12,14-19H2,1-2H3/b9-7+. The van der Waals surface area contributed by atoms with E-state index in [9.17, 15) is 0 Å². The van der Waals surface area contributed by atoms with Gasteiger partial charge < -0.3 is 0 Å². The zero-order chi connectivity index (χ0) is 23.0. The lowest BCUT2D eigenvalue weighted by Crippen LogP contribution is -2.25. The van der Waals surface area contributed by atoms with Gasteiger partial charge in [0.2, 0.25) is 0 Å². The van der Waals surface area contributed by atoms with E-state index in [1.165, 1.54) is 89.0 Å². The minimum atomic E-state index is 0.0513. The Kier molecular flexibility index (Phi) is 9.04. The summed E-state index contributed by atoms with van der Waals surface area (Å²) in [5, 5.41) is 1.90. The Bertz CT molecular complexity index is 894. The molecule has 180 valence electrons. The minimum Gasteiger partial charge on any atom is -0.206 e. The predicted octanol–water partition coefficient (Wildman–Crippen LogP) is 10.1. The van der Waals surface area contributed by atoms with Gasteiger partial charge in [-0.1, -0.05) is 75.6 Å². The maximum atomic E-state index is 15.5. The molecule has 4 rings (SSSR count). The highest BCUT2D eigenvalue weighted by Crippen LogP contribution is 2.45. The van der Waals surface area contributed by atoms with Crippen LogP contribution >= 0.6 is 0 Å². The average molecular weight is 449 g/mol. The van der Waals surface area contributed by atoms with E-state index in [1.807, 2.05) is 6.07 Å². The molecule has 0 aromatic heterocycles. The van der Waals surface area contributed by atoms with Crippen LogP contribution in [0.4, 0.5) is 4.39 Å². The Balaban J connectivity index is 1.32. The van der Waals surface area contributed by atoms with Crippen molar-refractivity contribution in [3.8, 4) is 0 Å². The molecule has 0 saturated heterocycles. The van der Waals surface area contributed by atoms with Crippen LogP contribution in [0.1, 0.15) is 114 Å². The molecule has 0 spiro atoms. The predicted molar refractivity (Wildman–Crippen MR) is 141 cm³/mol. The topological polar surface area (TPSA) is 0 Å². The second kappa shape index (κ2) is 12.2. The van der Waals surface area contributed by atoms with E-state index < -0.39 is 0 Å². The molecule has 0 radical (unpaired) electrons. The summed E-state index contributed by atoms with van der Waals surface area (Å²) >= 11 is 0. The van der Waals surface area contributed by atoms with Crippen molar-refractivity contribution in [2.45, 2.75) is 110 Å². The molecule has 0 N–H and O–H groups in total. The van der Waals surface area contributed by atoms with Crippen molar-refractivity contribution in [2.24, 2.45) is 17.8 Å². The van der Waals surface area contributed by atoms with Crippen molar-refractivity contribution in [3.05, 3.63) is 59.4 Å². The quantitative estimate of drug-likeness (QED) is 0.264. The second-order valence-corrected chi connectivity index (χ2v) is 11.0. The number of unbranched alkanes of at least 4 members (excludes halogenated alkanes) is 3. The summed E-state index contributed by atoms with van der Waals surface area (Å²) < 4.78 is 15.5. The number of halogens is 1. The van der Waals surface area contributed by atoms with Crippen LogP contribution in [-0.2, 0) is 6.42 Å². The third-order valence-electron chi connectivity index (χ3n) is 8.68. The molecule has 2 aromatic carbocycles.